The molecule has 340 valence electrons. The SMILES string of the molecule is CCC1=CC(C)(C)N2CCCc3c4c(cc1c32)C1(c2cc3c5c(c2O4)CCCN5C(C)(C)C=C3CS(=O)(=O)O)c2c(Cl)ccc(Cl)c2C(=O)N1OCC(=O)Oc1c(F)c(F)cc(F)c1F. The molecule has 6 heterocycles. The van der Waals surface area contributed by atoms with Crippen LogP contribution in [0, 0.1) is 23.3 Å². The second kappa shape index (κ2) is 14.7. The first-order valence-electron chi connectivity index (χ1n) is 21.1. The predicted octanol–water partition coefficient (Wildman–Crippen LogP) is 10.1. The number of esters is 1. The first-order chi connectivity index (χ1) is 30.6. The molecule has 10 rings (SSSR count). The molecule has 0 saturated heterocycles. The van der Waals surface area contributed by atoms with Crippen LogP contribution in [-0.2, 0) is 38.1 Å². The van der Waals surface area contributed by atoms with Gasteiger partial charge in [-0.2, -0.15) is 22.3 Å². The van der Waals surface area contributed by atoms with E-state index in [0.29, 0.717) is 66.1 Å². The van der Waals surface area contributed by atoms with E-state index in [4.69, 9.17) is 37.5 Å². The molecule has 4 aromatic carbocycles. The zero-order chi connectivity index (χ0) is 46.4. The molecule has 0 aromatic heterocycles. The second-order valence-electron chi connectivity index (χ2n) is 18.2. The highest BCUT2D eigenvalue weighted by atomic mass is 35.5. The number of anilines is 2. The number of fused-ring (bicyclic) bond motifs is 8. The number of rotatable bonds is 7. The molecule has 0 bridgehead atoms. The summed E-state index contributed by atoms with van der Waals surface area (Å²) < 4.78 is 106. The lowest BCUT2D eigenvalue weighted by atomic mass is 9.70. The van der Waals surface area contributed by atoms with Crippen molar-refractivity contribution in [3.63, 3.8) is 0 Å². The molecule has 11 nitrogen and oxygen atoms in total. The Morgan fingerprint density at radius 1 is 0.831 bits per heavy atom. The Morgan fingerprint density at radius 3 is 1.89 bits per heavy atom. The van der Waals surface area contributed by atoms with E-state index >= 15 is 4.79 Å². The van der Waals surface area contributed by atoms with Crippen molar-refractivity contribution in [3.8, 4) is 17.2 Å². The first kappa shape index (κ1) is 43.7. The van der Waals surface area contributed by atoms with E-state index in [9.17, 15) is 35.3 Å². The van der Waals surface area contributed by atoms with Gasteiger partial charge in [0.05, 0.1) is 33.0 Å². The Morgan fingerprint density at radius 2 is 1.35 bits per heavy atom. The summed E-state index contributed by atoms with van der Waals surface area (Å²) in [4.78, 5) is 39.6. The molecule has 0 saturated carbocycles. The number of allylic oxidation sites excluding steroid dienone is 1. The van der Waals surface area contributed by atoms with Gasteiger partial charge in [-0.3, -0.25) is 14.2 Å². The smallest absolute Gasteiger partial charge is 0.340 e. The Balaban J connectivity index is 1.29. The average Bonchev–Trinajstić information content (AvgIpc) is 3.50. The summed E-state index contributed by atoms with van der Waals surface area (Å²) in [7, 11) is -4.61. The van der Waals surface area contributed by atoms with E-state index in [-0.39, 0.29) is 38.4 Å². The molecule has 0 fully saturated rings. The standard InChI is InChI=1S/C47H41Cl2F4N3O8S/c1-6-22-18-45(2,3)54-13-7-9-24-39(54)26(22)15-28-41(24)64-42-25-10-8-14-55-40(25)27(23(19-46(55,4)5)21-65(59,60)61)16-29(42)47(28)36-31(49)12-11-30(48)35(36)44(58)56(47)62-20-34(57)63-43-37(52)32(50)17-33(51)38(43)53/h11-12,15-19H,6-10,13-14,20-21H2,1-5H3,(H,59,60,61). The minimum atomic E-state index is -4.61. The number of hydroxylamine groups is 2. The van der Waals surface area contributed by atoms with Crippen LogP contribution in [0.15, 0.2) is 42.5 Å². The molecule has 6 aliphatic rings. The third-order valence-corrected chi connectivity index (χ3v) is 14.8. The Hall–Kier alpha value is -5.13. The van der Waals surface area contributed by atoms with Crippen molar-refractivity contribution in [3.05, 3.63) is 120 Å². The highest BCUT2D eigenvalue weighted by Gasteiger charge is 2.62. The van der Waals surface area contributed by atoms with Gasteiger partial charge in [-0.05, 0) is 95.2 Å². The van der Waals surface area contributed by atoms with Gasteiger partial charge in [0.2, 0.25) is 17.4 Å². The van der Waals surface area contributed by atoms with Crippen LogP contribution in [0.3, 0.4) is 0 Å². The molecule has 1 atom stereocenters. The van der Waals surface area contributed by atoms with Crippen molar-refractivity contribution in [1.29, 1.82) is 0 Å². The Bertz CT molecular complexity index is 3020. The summed E-state index contributed by atoms with van der Waals surface area (Å²) in [6, 6.07) is 6.49. The Labute approximate surface area is 381 Å². The van der Waals surface area contributed by atoms with Crippen molar-refractivity contribution >= 4 is 67.7 Å². The number of halogens is 6. The molecule has 6 aliphatic heterocycles. The van der Waals surface area contributed by atoms with Gasteiger partial charge in [0.25, 0.3) is 16.0 Å². The number of ether oxygens (including phenoxy) is 2. The molecule has 65 heavy (non-hydrogen) atoms. The van der Waals surface area contributed by atoms with Crippen LogP contribution in [0.1, 0.15) is 103 Å². The van der Waals surface area contributed by atoms with Crippen LogP contribution in [0.2, 0.25) is 10.0 Å². The zero-order valence-electron chi connectivity index (χ0n) is 35.7. The number of benzene rings is 4. The van der Waals surface area contributed by atoms with E-state index in [1.165, 1.54) is 12.1 Å². The molecular weight excluding hydrogens is 913 g/mol. The molecule has 4 aromatic rings. The zero-order valence-corrected chi connectivity index (χ0v) is 38.1. The van der Waals surface area contributed by atoms with Gasteiger partial charge in [-0.1, -0.05) is 42.3 Å². The third kappa shape index (κ3) is 6.30. The lowest BCUT2D eigenvalue weighted by molar-refractivity contribution is -0.179. The van der Waals surface area contributed by atoms with Crippen molar-refractivity contribution in [2.24, 2.45) is 0 Å². The number of carbonyl (C=O) groups is 2. The lowest BCUT2D eigenvalue weighted by Gasteiger charge is -2.51. The number of amides is 1. The van der Waals surface area contributed by atoms with Crippen LogP contribution in [-0.4, -0.2) is 66.4 Å². The van der Waals surface area contributed by atoms with Gasteiger partial charge in [0, 0.05) is 63.1 Å². The fraction of sp³-hybridized carbons (Fsp3) is 0.362. The molecule has 1 N–H and O–H groups in total. The molecular formula is C47H41Cl2F4N3O8S. The maximum Gasteiger partial charge on any atom is 0.340 e. The van der Waals surface area contributed by atoms with Gasteiger partial charge in [-0.25, -0.2) is 13.6 Å². The fourth-order valence-corrected chi connectivity index (χ4v) is 12.2. The summed E-state index contributed by atoms with van der Waals surface area (Å²) in [5.74, 6) is -11.7. The highest BCUT2D eigenvalue weighted by molar-refractivity contribution is 7.86. The minimum Gasteiger partial charge on any atom is -0.456 e. The quantitative estimate of drug-likeness (QED) is 0.0629. The van der Waals surface area contributed by atoms with Crippen molar-refractivity contribution in [2.45, 2.75) is 83.3 Å². The predicted molar refractivity (Wildman–Crippen MR) is 235 cm³/mol. The van der Waals surface area contributed by atoms with E-state index in [2.05, 4.69) is 29.7 Å². The van der Waals surface area contributed by atoms with Crippen molar-refractivity contribution in [2.75, 3.05) is 35.2 Å². The fourth-order valence-electron chi connectivity index (χ4n) is 11.0. The van der Waals surface area contributed by atoms with E-state index in [1.54, 1.807) is 12.1 Å². The van der Waals surface area contributed by atoms with E-state index < -0.39 is 80.0 Å². The summed E-state index contributed by atoms with van der Waals surface area (Å²) in [6.07, 6.45) is 6.95. The molecule has 0 aliphatic carbocycles. The molecule has 1 unspecified atom stereocenters. The van der Waals surface area contributed by atoms with Gasteiger partial charge in [0.1, 0.15) is 17.3 Å². The van der Waals surface area contributed by atoms with Crippen molar-refractivity contribution < 1.29 is 54.4 Å². The maximum atomic E-state index is 15.3. The maximum absolute atomic E-state index is 15.3. The highest BCUT2D eigenvalue weighted by Crippen LogP contribution is 2.65. The summed E-state index contributed by atoms with van der Waals surface area (Å²) >= 11 is 14.2. The monoisotopic (exact) mass is 953 g/mol. The molecule has 0 radical (unpaired) electrons. The average molecular weight is 955 g/mol. The van der Waals surface area contributed by atoms with Crippen LogP contribution in [0.25, 0.3) is 11.1 Å². The van der Waals surface area contributed by atoms with E-state index in [0.717, 1.165) is 40.4 Å². The number of nitrogens with zero attached hydrogens (tertiary/aromatic N) is 3. The molecule has 1 amide bonds. The minimum absolute atomic E-state index is 0.0376. The lowest BCUT2D eigenvalue weighted by Crippen LogP contribution is -2.51. The topological polar surface area (TPSA) is 126 Å². The first-order valence-corrected chi connectivity index (χ1v) is 23.5. The summed E-state index contributed by atoms with van der Waals surface area (Å²) in [5.41, 5.74) is 3.14. The normalized spacial score (nSPS) is 20.6. The molecule has 1 spiro atoms. The molecule has 18 heteroatoms. The second-order valence-corrected chi connectivity index (χ2v) is 20.5. The van der Waals surface area contributed by atoms with Gasteiger partial charge in [0.15, 0.2) is 23.8 Å². The van der Waals surface area contributed by atoms with E-state index in [1.807, 2.05) is 26.8 Å². The number of carbonyl (C=O) groups excluding carboxylic acids is 2. The van der Waals surface area contributed by atoms with Crippen LogP contribution < -0.4 is 19.3 Å². The number of hydrogen-bond acceptors (Lipinski definition) is 9. The number of hydrogen-bond donors (Lipinski definition) is 1. The van der Waals surface area contributed by atoms with Gasteiger partial charge >= 0.3 is 5.97 Å². The van der Waals surface area contributed by atoms with Crippen molar-refractivity contribution in [1.82, 2.24) is 5.06 Å². The van der Waals surface area contributed by atoms with Crippen LogP contribution >= 0.6 is 23.2 Å². The van der Waals surface area contributed by atoms with Crippen LogP contribution in [0.4, 0.5) is 28.9 Å². The summed E-state index contributed by atoms with van der Waals surface area (Å²) in [5, 5.41) is 0.903. The Kier molecular flexibility index (Phi) is 9.88. The van der Waals surface area contributed by atoms with Gasteiger partial charge in [-0.15, -0.1) is 0 Å². The largest absolute Gasteiger partial charge is 0.456 e. The summed E-state index contributed by atoms with van der Waals surface area (Å²) in [6.45, 7) is 10.3. The van der Waals surface area contributed by atoms with Crippen LogP contribution in [0.5, 0.6) is 17.2 Å². The van der Waals surface area contributed by atoms with Gasteiger partial charge < -0.3 is 19.3 Å². The third-order valence-electron chi connectivity index (χ3n) is 13.5.